The van der Waals surface area contributed by atoms with Crippen molar-refractivity contribution in [1.29, 1.82) is 0 Å². The number of aromatic amines is 1. The van der Waals surface area contributed by atoms with E-state index in [1.54, 1.807) is 6.20 Å². The Labute approximate surface area is 137 Å². The number of carbonyl (C=O) groups excluding carboxylic acids is 1. The lowest BCUT2D eigenvalue weighted by molar-refractivity contribution is -0.133. The van der Waals surface area contributed by atoms with E-state index in [0.717, 1.165) is 30.8 Å². The van der Waals surface area contributed by atoms with E-state index in [-0.39, 0.29) is 17.9 Å². The maximum atomic E-state index is 13.4. The molecular weight excluding hydrogens is 316 g/mol. The van der Waals surface area contributed by atoms with Gasteiger partial charge in [0.1, 0.15) is 5.82 Å². The smallest absolute Gasteiger partial charge is 0.254 e. The number of hydrogen-bond donors (Lipinski definition) is 1. The van der Waals surface area contributed by atoms with Gasteiger partial charge in [0.05, 0.1) is 18.5 Å². The zero-order chi connectivity index (χ0) is 16.7. The minimum absolute atomic E-state index is 0.0790. The number of carbonyl (C=O) groups is 1. The molecule has 24 heavy (non-hydrogen) atoms. The molecule has 1 unspecified atom stereocenters. The Kier molecular flexibility index (Phi) is 3.80. The molecule has 1 amide bonds. The van der Waals surface area contributed by atoms with Crippen molar-refractivity contribution in [2.75, 3.05) is 19.7 Å². The highest BCUT2D eigenvalue weighted by Gasteiger charge is 2.36. The van der Waals surface area contributed by atoms with Crippen LogP contribution in [0.15, 0.2) is 24.4 Å². The number of hydrogen-bond acceptors (Lipinski definition) is 3. The fourth-order valence-corrected chi connectivity index (χ4v) is 3.12. The van der Waals surface area contributed by atoms with E-state index in [2.05, 4.69) is 9.97 Å². The minimum atomic E-state index is -0.877. The maximum absolute atomic E-state index is 13.4. The third-order valence-corrected chi connectivity index (χ3v) is 4.63. The number of benzene rings is 1. The van der Waals surface area contributed by atoms with Crippen LogP contribution in [0.2, 0.25) is 0 Å². The van der Waals surface area contributed by atoms with E-state index in [1.807, 2.05) is 4.90 Å². The number of ether oxygens (including phenoxy) is 1. The molecule has 0 aliphatic carbocycles. The Morgan fingerprint density at radius 2 is 2.00 bits per heavy atom. The first-order valence-corrected chi connectivity index (χ1v) is 8.02. The predicted octanol–water partition coefficient (Wildman–Crippen LogP) is 2.46. The summed E-state index contributed by atoms with van der Waals surface area (Å²) in [7, 11) is 0. The van der Waals surface area contributed by atoms with Crippen molar-refractivity contribution in [2.24, 2.45) is 0 Å². The number of nitrogens with zero attached hydrogens (tertiary/aromatic N) is 2. The lowest BCUT2D eigenvalue weighted by atomic mass is 9.96. The molecule has 2 aliphatic heterocycles. The van der Waals surface area contributed by atoms with Crippen LogP contribution >= 0.6 is 0 Å². The van der Waals surface area contributed by atoms with Crippen LogP contribution in [0.25, 0.3) is 11.3 Å². The van der Waals surface area contributed by atoms with Gasteiger partial charge >= 0.3 is 0 Å². The first kappa shape index (κ1) is 15.3. The molecule has 3 heterocycles. The van der Waals surface area contributed by atoms with Crippen LogP contribution in [0.5, 0.6) is 0 Å². The molecule has 2 saturated heterocycles. The largest absolute Gasteiger partial charge is 0.363 e. The summed E-state index contributed by atoms with van der Waals surface area (Å²) in [4.78, 5) is 21.4. The molecule has 4 rings (SSSR count). The third kappa shape index (κ3) is 2.91. The Hall–Kier alpha value is -2.28. The van der Waals surface area contributed by atoms with Gasteiger partial charge in [-0.05, 0) is 31.0 Å². The zero-order valence-corrected chi connectivity index (χ0v) is 13.0. The first-order chi connectivity index (χ1) is 11.6. The molecule has 0 radical (unpaired) electrons. The highest BCUT2D eigenvalue weighted by Crippen LogP contribution is 2.29. The van der Waals surface area contributed by atoms with Gasteiger partial charge in [0.2, 0.25) is 0 Å². The van der Waals surface area contributed by atoms with E-state index >= 15 is 0 Å². The Morgan fingerprint density at radius 3 is 2.67 bits per heavy atom. The number of aromatic nitrogens is 2. The van der Waals surface area contributed by atoms with Crippen LogP contribution in [0, 0.1) is 11.6 Å². The van der Waals surface area contributed by atoms with Crippen molar-refractivity contribution in [3.05, 3.63) is 41.9 Å². The summed E-state index contributed by atoms with van der Waals surface area (Å²) in [5.74, 6) is -0.610. The number of amides is 1. The van der Waals surface area contributed by atoms with Gasteiger partial charge in [-0.25, -0.2) is 13.8 Å². The zero-order valence-electron chi connectivity index (χ0n) is 13.0. The molecule has 1 aromatic heterocycles. The number of epoxide rings is 1. The summed E-state index contributed by atoms with van der Waals surface area (Å²) >= 11 is 0. The minimum Gasteiger partial charge on any atom is -0.363 e. The average molecular weight is 333 g/mol. The van der Waals surface area contributed by atoms with Crippen molar-refractivity contribution < 1.29 is 18.3 Å². The van der Waals surface area contributed by atoms with Crippen LogP contribution in [-0.2, 0) is 9.53 Å². The van der Waals surface area contributed by atoms with E-state index in [4.69, 9.17) is 4.74 Å². The normalized spacial score (nSPS) is 21.1. The SMILES string of the molecule is O=C(C1CO1)N1CCC(c2ncc(-c3ccc(F)c(F)c3)[nH]2)CC1. The van der Waals surface area contributed by atoms with E-state index in [9.17, 15) is 13.6 Å². The predicted molar refractivity (Wildman–Crippen MR) is 82.2 cm³/mol. The highest BCUT2D eigenvalue weighted by atomic mass is 19.2. The molecule has 0 saturated carbocycles. The van der Waals surface area contributed by atoms with Crippen molar-refractivity contribution in [2.45, 2.75) is 24.9 Å². The van der Waals surface area contributed by atoms with E-state index in [1.165, 1.54) is 6.07 Å². The van der Waals surface area contributed by atoms with Crippen molar-refractivity contribution in [3.63, 3.8) is 0 Å². The number of nitrogens with one attached hydrogen (secondary N) is 1. The second-order valence-electron chi connectivity index (χ2n) is 6.23. The van der Waals surface area contributed by atoms with Gasteiger partial charge in [-0.3, -0.25) is 4.79 Å². The molecule has 1 aromatic carbocycles. The van der Waals surface area contributed by atoms with Gasteiger partial charge in [-0.2, -0.15) is 0 Å². The fraction of sp³-hybridized carbons (Fsp3) is 0.412. The topological polar surface area (TPSA) is 61.5 Å². The molecule has 1 atom stereocenters. The number of H-pyrrole nitrogens is 1. The number of imidazole rings is 1. The molecule has 1 N–H and O–H groups in total. The molecule has 2 fully saturated rings. The molecule has 0 spiro atoms. The number of rotatable bonds is 3. The second-order valence-corrected chi connectivity index (χ2v) is 6.23. The summed E-state index contributed by atoms with van der Waals surface area (Å²) in [6.07, 6.45) is 3.05. The Balaban J connectivity index is 1.43. The van der Waals surface area contributed by atoms with Crippen molar-refractivity contribution in [3.8, 4) is 11.3 Å². The molecule has 5 nitrogen and oxygen atoms in total. The lowest BCUT2D eigenvalue weighted by Gasteiger charge is -2.30. The Morgan fingerprint density at radius 1 is 1.25 bits per heavy atom. The second kappa shape index (κ2) is 5.98. The molecule has 126 valence electrons. The van der Waals surface area contributed by atoms with Gasteiger partial charge in [0.25, 0.3) is 5.91 Å². The third-order valence-electron chi connectivity index (χ3n) is 4.63. The molecule has 0 bridgehead atoms. The fourth-order valence-electron chi connectivity index (χ4n) is 3.12. The van der Waals surface area contributed by atoms with Gasteiger partial charge in [-0.1, -0.05) is 0 Å². The van der Waals surface area contributed by atoms with Crippen molar-refractivity contribution >= 4 is 5.91 Å². The molecule has 2 aliphatic rings. The summed E-state index contributed by atoms with van der Waals surface area (Å²) in [6, 6.07) is 3.78. The van der Waals surface area contributed by atoms with Crippen LogP contribution < -0.4 is 0 Å². The first-order valence-electron chi connectivity index (χ1n) is 8.02. The lowest BCUT2D eigenvalue weighted by Crippen LogP contribution is -2.40. The number of likely N-dealkylation sites (tertiary alicyclic amines) is 1. The Bertz CT molecular complexity index is 765. The summed E-state index contributed by atoms with van der Waals surface area (Å²) in [6.45, 7) is 1.91. The maximum Gasteiger partial charge on any atom is 0.254 e. The molecule has 2 aromatic rings. The van der Waals surface area contributed by atoms with E-state index in [0.29, 0.717) is 31.0 Å². The van der Waals surface area contributed by atoms with Gasteiger partial charge in [-0.15, -0.1) is 0 Å². The van der Waals surface area contributed by atoms with Crippen LogP contribution in [0.3, 0.4) is 0 Å². The van der Waals surface area contributed by atoms with E-state index < -0.39 is 11.6 Å². The number of halogens is 2. The monoisotopic (exact) mass is 333 g/mol. The van der Waals surface area contributed by atoms with Crippen LogP contribution in [0.4, 0.5) is 8.78 Å². The standard InChI is InChI=1S/C17H17F2N3O2/c18-12-2-1-11(7-13(12)19)14-8-20-16(21-14)10-3-5-22(6-4-10)17(23)15-9-24-15/h1-2,7-8,10,15H,3-6,9H2,(H,20,21). The highest BCUT2D eigenvalue weighted by molar-refractivity contribution is 5.83. The summed E-state index contributed by atoms with van der Waals surface area (Å²) < 4.78 is 31.4. The number of piperidine rings is 1. The van der Waals surface area contributed by atoms with Crippen molar-refractivity contribution in [1.82, 2.24) is 14.9 Å². The summed E-state index contributed by atoms with van der Waals surface area (Å²) in [5.41, 5.74) is 1.22. The van der Waals surface area contributed by atoms with Gasteiger partial charge in [0.15, 0.2) is 17.7 Å². The van der Waals surface area contributed by atoms with Crippen LogP contribution in [0.1, 0.15) is 24.6 Å². The molecule has 7 heteroatoms. The van der Waals surface area contributed by atoms with Gasteiger partial charge < -0.3 is 14.6 Å². The molecular formula is C17H17F2N3O2. The quantitative estimate of drug-likeness (QED) is 0.878. The van der Waals surface area contributed by atoms with Crippen LogP contribution in [-0.4, -0.2) is 46.6 Å². The average Bonchev–Trinajstić information content (AvgIpc) is 3.34. The summed E-state index contributed by atoms with van der Waals surface area (Å²) in [5, 5.41) is 0. The van der Waals surface area contributed by atoms with Gasteiger partial charge in [0, 0.05) is 24.6 Å².